The van der Waals surface area contributed by atoms with Crippen LogP contribution in [0.4, 0.5) is 5.69 Å². The van der Waals surface area contributed by atoms with E-state index in [9.17, 15) is 14.7 Å². The molecule has 1 amide bonds. The maximum atomic E-state index is 12.2. The van der Waals surface area contributed by atoms with Crippen LogP contribution in [-0.4, -0.2) is 17.0 Å². The summed E-state index contributed by atoms with van der Waals surface area (Å²) in [5.41, 5.74) is 1.16. The SMILES string of the molecule is CCc1sc(C(=O)Nc2cccc(Cl)c2C(=O)O)cc1C. The fourth-order valence-electron chi connectivity index (χ4n) is 2.01. The van der Waals surface area contributed by atoms with Gasteiger partial charge in [0.1, 0.15) is 5.56 Å². The number of thiophene rings is 1. The smallest absolute Gasteiger partial charge is 0.339 e. The summed E-state index contributed by atoms with van der Waals surface area (Å²) >= 11 is 7.29. The van der Waals surface area contributed by atoms with Crippen LogP contribution < -0.4 is 5.32 Å². The summed E-state index contributed by atoms with van der Waals surface area (Å²) in [6.45, 7) is 3.98. The molecule has 0 saturated heterocycles. The summed E-state index contributed by atoms with van der Waals surface area (Å²) in [5.74, 6) is -1.50. The molecule has 1 aromatic carbocycles. The molecule has 0 aliphatic heterocycles. The Labute approximate surface area is 131 Å². The van der Waals surface area contributed by atoms with Gasteiger partial charge in [-0.25, -0.2) is 4.79 Å². The second kappa shape index (κ2) is 6.28. The van der Waals surface area contributed by atoms with E-state index in [4.69, 9.17) is 11.6 Å². The monoisotopic (exact) mass is 323 g/mol. The van der Waals surface area contributed by atoms with Crippen molar-refractivity contribution in [3.63, 3.8) is 0 Å². The van der Waals surface area contributed by atoms with E-state index in [0.29, 0.717) is 4.88 Å². The summed E-state index contributed by atoms with van der Waals surface area (Å²) in [6, 6.07) is 6.41. The van der Waals surface area contributed by atoms with Crippen LogP contribution in [0.1, 0.15) is 37.4 Å². The average molecular weight is 324 g/mol. The Bertz CT molecular complexity index is 709. The Balaban J connectivity index is 2.31. The van der Waals surface area contributed by atoms with E-state index < -0.39 is 5.97 Å². The van der Waals surface area contributed by atoms with E-state index in [1.165, 1.54) is 23.5 Å². The molecule has 6 heteroatoms. The number of anilines is 1. The maximum absolute atomic E-state index is 12.2. The van der Waals surface area contributed by atoms with E-state index in [1.807, 2.05) is 19.9 Å². The highest BCUT2D eigenvalue weighted by Gasteiger charge is 2.18. The van der Waals surface area contributed by atoms with Crippen molar-refractivity contribution in [2.45, 2.75) is 20.3 Å². The zero-order valence-corrected chi connectivity index (χ0v) is 13.1. The number of benzene rings is 1. The molecule has 110 valence electrons. The van der Waals surface area contributed by atoms with Crippen molar-refractivity contribution in [2.24, 2.45) is 0 Å². The van der Waals surface area contributed by atoms with Gasteiger partial charge < -0.3 is 10.4 Å². The number of carbonyl (C=O) groups excluding carboxylic acids is 1. The number of carboxylic acids is 1. The number of rotatable bonds is 4. The fraction of sp³-hybridized carbons (Fsp3) is 0.200. The molecular weight excluding hydrogens is 310 g/mol. The van der Waals surface area contributed by atoms with Gasteiger partial charge in [0.25, 0.3) is 5.91 Å². The van der Waals surface area contributed by atoms with Gasteiger partial charge in [-0.1, -0.05) is 24.6 Å². The molecule has 0 atom stereocenters. The van der Waals surface area contributed by atoms with Gasteiger partial charge in [0.15, 0.2) is 0 Å². The van der Waals surface area contributed by atoms with Crippen LogP contribution in [-0.2, 0) is 6.42 Å². The number of hydrogen-bond acceptors (Lipinski definition) is 3. The topological polar surface area (TPSA) is 66.4 Å². The summed E-state index contributed by atoms with van der Waals surface area (Å²) < 4.78 is 0. The van der Waals surface area contributed by atoms with Crippen molar-refractivity contribution in [3.8, 4) is 0 Å². The molecule has 0 aliphatic rings. The lowest BCUT2D eigenvalue weighted by molar-refractivity contribution is 0.0698. The zero-order chi connectivity index (χ0) is 15.6. The molecule has 2 N–H and O–H groups in total. The van der Waals surface area contributed by atoms with Gasteiger partial charge in [-0.3, -0.25) is 4.79 Å². The van der Waals surface area contributed by atoms with Crippen molar-refractivity contribution in [1.29, 1.82) is 0 Å². The minimum Gasteiger partial charge on any atom is -0.478 e. The highest BCUT2D eigenvalue weighted by molar-refractivity contribution is 7.14. The predicted molar refractivity (Wildman–Crippen MR) is 84.8 cm³/mol. The maximum Gasteiger partial charge on any atom is 0.339 e. The first-order chi connectivity index (χ1) is 9.93. The van der Waals surface area contributed by atoms with E-state index in [-0.39, 0.29) is 22.2 Å². The lowest BCUT2D eigenvalue weighted by Gasteiger charge is -2.08. The molecule has 0 bridgehead atoms. The summed E-state index contributed by atoms with van der Waals surface area (Å²) in [6.07, 6.45) is 0.862. The Kier molecular flexibility index (Phi) is 4.65. The number of aryl methyl sites for hydroxylation is 2. The third kappa shape index (κ3) is 3.25. The molecule has 1 heterocycles. The highest BCUT2D eigenvalue weighted by atomic mass is 35.5. The van der Waals surface area contributed by atoms with Crippen molar-refractivity contribution in [1.82, 2.24) is 0 Å². The average Bonchev–Trinajstić information content (AvgIpc) is 2.79. The first kappa shape index (κ1) is 15.5. The van der Waals surface area contributed by atoms with Crippen molar-refractivity contribution in [3.05, 3.63) is 50.2 Å². The van der Waals surface area contributed by atoms with Crippen LogP contribution in [0.15, 0.2) is 24.3 Å². The molecule has 4 nitrogen and oxygen atoms in total. The largest absolute Gasteiger partial charge is 0.478 e. The Morgan fingerprint density at radius 1 is 1.38 bits per heavy atom. The molecule has 0 aliphatic carbocycles. The van der Waals surface area contributed by atoms with E-state index in [1.54, 1.807) is 6.07 Å². The molecule has 1 aromatic heterocycles. The van der Waals surface area contributed by atoms with Crippen molar-refractivity contribution in [2.75, 3.05) is 5.32 Å². The quantitative estimate of drug-likeness (QED) is 0.885. The second-order valence-electron chi connectivity index (χ2n) is 4.49. The number of nitrogens with one attached hydrogen (secondary N) is 1. The third-order valence-electron chi connectivity index (χ3n) is 3.04. The highest BCUT2D eigenvalue weighted by Crippen LogP contribution is 2.27. The first-order valence-corrected chi connectivity index (χ1v) is 7.56. The van der Waals surface area contributed by atoms with Crippen molar-refractivity contribution >= 4 is 40.5 Å². The second-order valence-corrected chi connectivity index (χ2v) is 6.04. The normalized spacial score (nSPS) is 10.4. The van der Waals surface area contributed by atoms with Gasteiger partial charge in [0.2, 0.25) is 0 Å². The van der Waals surface area contributed by atoms with Crippen LogP contribution in [0.25, 0.3) is 0 Å². The molecule has 2 rings (SSSR count). The van der Waals surface area contributed by atoms with E-state index in [0.717, 1.165) is 16.9 Å². The summed E-state index contributed by atoms with van der Waals surface area (Å²) in [7, 11) is 0. The minimum absolute atomic E-state index is 0.0944. The molecule has 21 heavy (non-hydrogen) atoms. The van der Waals surface area contributed by atoms with Gasteiger partial charge in [-0.2, -0.15) is 0 Å². The number of hydrogen-bond donors (Lipinski definition) is 2. The lowest BCUT2D eigenvalue weighted by Crippen LogP contribution is -2.14. The van der Waals surface area contributed by atoms with Gasteiger partial charge in [0, 0.05) is 4.88 Å². The number of carboxylic acid groups (broad SMARTS) is 1. The molecule has 0 unspecified atom stereocenters. The predicted octanol–water partition coefficient (Wildman–Crippen LogP) is 4.22. The molecule has 2 aromatic rings. The molecule has 0 fully saturated rings. The van der Waals surface area contributed by atoms with Crippen molar-refractivity contribution < 1.29 is 14.7 Å². The Hall–Kier alpha value is -1.85. The van der Waals surface area contributed by atoms with Gasteiger partial charge in [-0.05, 0) is 37.1 Å². The zero-order valence-electron chi connectivity index (χ0n) is 11.6. The summed E-state index contributed by atoms with van der Waals surface area (Å²) in [4.78, 5) is 25.2. The van der Waals surface area contributed by atoms with E-state index >= 15 is 0 Å². The number of halogens is 1. The van der Waals surface area contributed by atoms with Gasteiger partial charge in [0.05, 0.1) is 15.6 Å². The molecule has 0 spiro atoms. The van der Waals surface area contributed by atoms with Crippen LogP contribution in [0.3, 0.4) is 0 Å². The molecular formula is C15H14ClNO3S. The van der Waals surface area contributed by atoms with Crippen LogP contribution in [0.5, 0.6) is 0 Å². The number of aromatic carboxylic acids is 1. The molecule has 0 saturated carbocycles. The van der Waals surface area contributed by atoms with Crippen LogP contribution >= 0.6 is 22.9 Å². The Morgan fingerprint density at radius 2 is 2.10 bits per heavy atom. The number of amides is 1. The first-order valence-electron chi connectivity index (χ1n) is 6.36. The third-order valence-corrected chi connectivity index (χ3v) is 4.74. The molecule has 0 radical (unpaired) electrons. The van der Waals surface area contributed by atoms with Gasteiger partial charge in [-0.15, -0.1) is 11.3 Å². The number of carbonyl (C=O) groups is 2. The minimum atomic E-state index is -1.17. The summed E-state index contributed by atoms with van der Waals surface area (Å²) in [5, 5.41) is 11.9. The standard InChI is InChI=1S/C15H14ClNO3S/c1-3-11-8(2)7-12(21-11)14(18)17-10-6-4-5-9(16)13(10)15(19)20/h4-7H,3H2,1-2H3,(H,17,18)(H,19,20). The lowest BCUT2D eigenvalue weighted by atomic mass is 10.1. The van der Waals surface area contributed by atoms with Crippen LogP contribution in [0.2, 0.25) is 5.02 Å². The van der Waals surface area contributed by atoms with E-state index in [2.05, 4.69) is 5.32 Å². The van der Waals surface area contributed by atoms with Gasteiger partial charge >= 0.3 is 5.97 Å². The van der Waals surface area contributed by atoms with Crippen LogP contribution in [0, 0.1) is 6.92 Å². The fourth-order valence-corrected chi connectivity index (χ4v) is 3.28. The Morgan fingerprint density at radius 3 is 2.67 bits per heavy atom.